The zero-order valence-corrected chi connectivity index (χ0v) is 10.8. The Balaban J connectivity index is 2.21. The molecule has 0 aliphatic heterocycles. The number of methoxy groups -OCH3 is 1. The van der Waals surface area contributed by atoms with Gasteiger partial charge in [0.2, 0.25) is 0 Å². The van der Waals surface area contributed by atoms with Crippen LogP contribution in [-0.2, 0) is 6.42 Å². The summed E-state index contributed by atoms with van der Waals surface area (Å²) in [6.07, 6.45) is 4.11. The summed E-state index contributed by atoms with van der Waals surface area (Å²) in [4.78, 5) is 4.09. The van der Waals surface area contributed by atoms with Gasteiger partial charge in [0.05, 0.1) is 13.2 Å². The molecule has 0 saturated heterocycles. The maximum Gasteiger partial charge on any atom is 0.119 e. The summed E-state index contributed by atoms with van der Waals surface area (Å²) in [6.45, 7) is 0. The number of rotatable bonds is 5. The zero-order valence-electron chi connectivity index (χ0n) is 10.8. The third kappa shape index (κ3) is 3.21. The van der Waals surface area contributed by atoms with Crippen LogP contribution in [-0.4, -0.2) is 12.1 Å². The molecule has 0 saturated carbocycles. The van der Waals surface area contributed by atoms with E-state index in [9.17, 15) is 0 Å². The van der Waals surface area contributed by atoms with Gasteiger partial charge in [-0.15, -0.1) is 0 Å². The summed E-state index contributed by atoms with van der Waals surface area (Å²) in [6, 6.07) is 9.56. The number of nitrogens with one attached hydrogen (secondary N) is 1. The first-order valence-electron chi connectivity index (χ1n) is 6.03. The number of pyridine rings is 1. The molecular formula is C14H18N4O. The highest BCUT2D eigenvalue weighted by Crippen LogP contribution is 2.23. The Hall–Kier alpha value is -2.11. The summed E-state index contributed by atoms with van der Waals surface area (Å²) < 4.78 is 5.21. The highest BCUT2D eigenvalue weighted by Gasteiger charge is 2.14. The normalized spacial score (nSPS) is 12.1. The maximum absolute atomic E-state index is 5.95. The van der Waals surface area contributed by atoms with Crippen molar-refractivity contribution in [3.8, 4) is 5.75 Å². The Kier molecular flexibility index (Phi) is 4.33. The second kappa shape index (κ2) is 6.17. The molecule has 1 heterocycles. The molecule has 2 rings (SSSR count). The summed E-state index contributed by atoms with van der Waals surface area (Å²) in [7, 11) is 1.65. The highest BCUT2D eigenvalue weighted by molar-refractivity contribution is 5.46. The topological polar surface area (TPSA) is 86.2 Å². The lowest BCUT2D eigenvalue weighted by Gasteiger charge is -2.18. The van der Waals surface area contributed by atoms with E-state index in [1.54, 1.807) is 25.6 Å². The molecule has 0 fully saturated rings. The van der Waals surface area contributed by atoms with Crippen molar-refractivity contribution in [2.75, 3.05) is 12.8 Å². The van der Waals surface area contributed by atoms with Crippen molar-refractivity contribution in [2.24, 2.45) is 5.84 Å². The molecule has 0 amide bonds. The van der Waals surface area contributed by atoms with Gasteiger partial charge >= 0.3 is 0 Å². The number of ether oxygens (including phenoxy) is 1. The van der Waals surface area contributed by atoms with E-state index in [1.165, 1.54) is 0 Å². The van der Waals surface area contributed by atoms with Gasteiger partial charge in [-0.2, -0.15) is 0 Å². The number of nitrogens with zero attached hydrogens (tertiary/aromatic N) is 1. The van der Waals surface area contributed by atoms with Crippen LogP contribution in [0.5, 0.6) is 5.75 Å². The molecule has 1 unspecified atom stereocenters. The van der Waals surface area contributed by atoms with Crippen LogP contribution in [0.25, 0.3) is 0 Å². The van der Waals surface area contributed by atoms with E-state index in [0.717, 1.165) is 16.9 Å². The second-order valence-corrected chi connectivity index (χ2v) is 4.28. The number of aromatic nitrogens is 1. The van der Waals surface area contributed by atoms with Crippen LogP contribution in [0.4, 0.5) is 5.69 Å². The third-order valence-electron chi connectivity index (χ3n) is 3.04. The fourth-order valence-electron chi connectivity index (χ4n) is 2.00. The monoisotopic (exact) mass is 258 g/mol. The average Bonchev–Trinajstić information content (AvgIpc) is 2.46. The van der Waals surface area contributed by atoms with Crippen molar-refractivity contribution in [2.45, 2.75) is 12.5 Å². The molecule has 0 radical (unpaired) electrons. The van der Waals surface area contributed by atoms with E-state index in [2.05, 4.69) is 10.4 Å². The first-order chi connectivity index (χ1) is 9.24. The van der Waals surface area contributed by atoms with Crippen LogP contribution in [0.3, 0.4) is 0 Å². The number of hydrogen-bond acceptors (Lipinski definition) is 5. The van der Waals surface area contributed by atoms with Crippen LogP contribution in [0.15, 0.2) is 42.7 Å². The quantitative estimate of drug-likeness (QED) is 0.558. The lowest BCUT2D eigenvalue weighted by Crippen LogP contribution is -2.30. The minimum absolute atomic E-state index is 0.0826. The number of benzene rings is 1. The minimum Gasteiger partial charge on any atom is -0.497 e. The predicted octanol–water partition coefficient (Wildman–Crippen LogP) is 1.42. The molecule has 1 aromatic carbocycles. The molecule has 0 aliphatic carbocycles. The van der Waals surface area contributed by atoms with Gasteiger partial charge in [-0.3, -0.25) is 16.3 Å². The number of nitrogen functional groups attached to an aromatic ring is 1. The van der Waals surface area contributed by atoms with Crippen molar-refractivity contribution >= 4 is 5.69 Å². The molecule has 0 bridgehead atoms. The molecule has 19 heavy (non-hydrogen) atoms. The fraction of sp³-hybridized carbons (Fsp3) is 0.214. The van der Waals surface area contributed by atoms with Crippen LogP contribution >= 0.6 is 0 Å². The Labute approximate surface area is 112 Å². The van der Waals surface area contributed by atoms with E-state index < -0.39 is 0 Å². The SMILES string of the molecule is COc1cccc(CC(NN)c2cnccc2N)c1. The minimum atomic E-state index is -0.0826. The van der Waals surface area contributed by atoms with Crippen molar-refractivity contribution < 1.29 is 4.74 Å². The summed E-state index contributed by atoms with van der Waals surface area (Å²) >= 11 is 0. The Morgan fingerprint density at radius 3 is 2.89 bits per heavy atom. The van der Waals surface area contributed by atoms with Gasteiger partial charge in [-0.25, -0.2) is 0 Å². The molecule has 2 aromatic rings. The van der Waals surface area contributed by atoms with Crippen LogP contribution < -0.4 is 21.7 Å². The number of anilines is 1. The number of hydrogen-bond donors (Lipinski definition) is 3. The van der Waals surface area contributed by atoms with E-state index in [4.69, 9.17) is 16.3 Å². The van der Waals surface area contributed by atoms with Crippen molar-refractivity contribution in [1.82, 2.24) is 10.4 Å². The predicted molar refractivity (Wildman–Crippen MR) is 75.4 cm³/mol. The van der Waals surface area contributed by atoms with Gasteiger partial charge in [-0.05, 0) is 30.2 Å². The Morgan fingerprint density at radius 1 is 1.37 bits per heavy atom. The fourth-order valence-corrected chi connectivity index (χ4v) is 2.00. The second-order valence-electron chi connectivity index (χ2n) is 4.28. The molecule has 5 N–H and O–H groups in total. The standard InChI is InChI=1S/C14H18N4O/c1-19-11-4-2-3-10(7-11)8-14(18-16)12-9-17-6-5-13(12)15/h2-7,9,14,18H,8,16H2,1H3,(H2,15,17). The molecule has 5 nitrogen and oxygen atoms in total. The largest absolute Gasteiger partial charge is 0.497 e. The van der Waals surface area contributed by atoms with Crippen LogP contribution in [0, 0.1) is 0 Å². The van der Waals surface area contributed by atoms with Gasteiger partial charge in [0.25, 0.3) is 0 Å². The first-order valence-corrected chi connectivity index (χ1v) is 6.03. The summed E-state index contributed by atoms with van der Waals surface area (Å²) in [5, 5.41) is 0. The van der Waals surface area contributed by atoms with Crippen molar-refractivity contribution in [3.63, 3.8) is 0 Å². The summed E-state index contributed by atoms with van der Waals surface area (Å²) in [5.74, 6) is 6.45. The molecule has 100 valence electrons. The number of hydrazine groups is 1. The Bertz CT molecular complexity index is 544. The van der Waals surface area contributed by atoms with Crippen LogP contribution in [0.2, 0.25) is 0 Å². The van der Waals surface area contributed by atoms with Crippen molar-refractivity contribution in [1.29, 1.82) is 0 Å². The molecule has 1 atom stereocenters. The van der Waals surface area contributed by atoms with Gasteiger partial charge in [0.15, 0.2) is 0 Å². The van der Waals surface area contributed by atoms with Gasteiger partial charge < -0.3 is 10.5 Å². The summed E-state index contributed by atoms with van der Waals surface area (Å²) in [5.41, 5.74) is 11.4. The van der Waals surface area contributed by atoms with E-state index in [-0.39, 0.29) is 6.04 Å². The molecule has 0 aliphatic rings. The van der Waals surface area contributed by atoms with Gasteiger partial charge in [0.1, 0.15) is 5.75 Å². The lowest BCUT2D eigenvalue weighted by molar-refractivity contribution is 0.414. The van der Waals surface area contributed by atoms with Crippen molar-refractivity contribution in [3.05, 3.63) is 53.9 Å². The van der Waals surface area contributed by atoms with Crippen LogP contribution in [0.1, 0.15) is 17.2 Å². The van der Waals surface area contributed by atoms with E-state index in [1.807, 2.05) is 24.3 Å². The molecule has 5 heteroatoms. The lowest BCUT2D eigenvalue weighted by atomic mass is 9.99. The average molecular weight is 258 g/mol. The van der Waals surface area contributed by atoms with E-state index >= 15 is 0 Å². The number of nitrogens with two attached hydrogens (primary N) is 2. The molecule has 1 aromatic heterocycles. The van der Waals surface area contributed by atoms with E-state index in [0.29, 0.717) is 12.1 Å². The van der Waals surface area contributed by atoms with Gasteiger partial charge in [-0.1, -0.05) is 12.1 Å². The third-order valence-corrected chi connectivity index (χ3v) is 3.04. The Morgan fingerprint density at radius 2 is 2.21 bits per heavy atom. The highest BCUT2D eigenvalue weighted by atomic mass is 16.5. The molecular weight excluding hydrogens is 240 g/mol. The zero-order chi connectivity index (χ0) is 13.7. The smallest absolute Gasteiger partial charge is 0.119 e. The molecule has 0 spiro atoms. The maximum atomic E-state index is 5.95. The van der Waals surface area contributed by atoms with Gasteiger partial charge in [0, 0.05) is 23.6 Å². The first kappa shape index (κ1) is 13.3.